The molecule has 0 fully saturated rings. The van der Waals surface area contributed by atoms with E-state index in [9.17, 15) is 5.11 Å². The highest BCUT2D eigenvalue weighted by molar-refractivity contribution is 5.81. The molecule has 1 heterocycles. The van der Waals surface area contributed by atoms with Crippen LogP contribution in [0.3, 0.4) is 0 Å². The molecule has 2 aromatic rings. The fourth-order valence-electron chi connectivity index (χ4n) is 1.55. The van der Waals surface area contributed by atoms with E-state index >= 15 is 0 Å². The third-order valence-corrected chi connectivity index (χ3v) is 2.22. The van der Waals surface area contributed by atoms with Crippen molar-refractivity contribution in [3.63, 3.8) is 0 Å². The maximum Gasteiger partial charge on any atom is 0.116 e. The van der Waals surface area contributed by atoms with Crippen molar-refractivity contribution in [2.75, 3.05) is 0 Å². The molecule has 1 aromatic carbocycles. The SMILES string of the molecule is N#CCCn1ccc2cc(O)ccc21. The van der Waals surface area contributed by atoms with E-state index < -0.39 is 0 Å². The van der Waals surface area contributed by atoms with Gasteiger partial charge in [0, 0.05) is 23.6 Å². The van der Waals surface area contributed by atoms with Gasteiger partial charge in [0.2, 0.25) is 0 Å². The highest BCUT2D eigenvalue weighted by Crippen LogP contribution is 2.20. The summed E-state index contributed by atoms with van der Waals surface area (Å²) in [5.41, 5.74) is 1.05. The number of hydrogen-bond donors (Lipinski definition) is 1. The first-order chi connectivity index (χ1) is 6.81. The summed E-state index contributed by atoms with van der Waals surface area (Å²) in [6, 6.07) is 9.29. The summed E-state index contributed by atoms with van der Waals surface area (Å²) >= 11 is 0. The van der Waals surface area contributed by atoms with Gasteiger partial charge >= 0.3 is 0 Å². The first kappa shape index (κ1) is 8.64. The lowest BCUT2D eigenvalue weighted by atomic mass is 10.2. The van der Waals surface area contributed by atoms with E-state index in [1.54, 1.807) is 12.1 Å². The summed E-state index contributed by atoms with van der Waals surface area (Å²) in [6.45, 7) is 0.699. The van der Waals surface area contributed by atoms with E-state index in [1.165, 1.54) is 0 Å². The summed E-state index contributed by atoms with van der Waals surface area (Å²) in [5.74, 6) is 0.274. The predicted octanol–water partition coefficient (Wildman–Crippen LogP) is 2.26. The lowest BCUT2D eigenvalue weighted by molar-refractivity contribution is 0.476. The van der Waals surface area contributed by atoms with Crippen LogP contribution in [0.4, 0.5) is 0 Å². The Labute approximate surface area is 81.8 Å². The number of benzene rings is 1. The van der Waals surface area contributed by atoms with Crippen molar-refractivity contribution in [1.82, 2.24) is 4.57 Å². The number of aromatic hydroxyl groups is 1. The zero-order valence-electron chi connectivity index (χ0n) is 7.64. The van der Waals surface area contributed by atoms with E-state index in [-0.39, 0.29) is 5.75 Å². The van der Waals surface area contributed by atoms with Crippen LogP contribution in [0, 0.1) is 11.3 Å². The van der Waals surface area contributed by atoms with E-state index in [0.29, 0.717) is 13.0 Å². The van der Waals surface area contributed by atoms with Crippen LogP contribution >= 0.6 is 0 Å². The summed E-state index contributed by atoms with van der Waals surface area (Å²) in [4.78, 5) is 0. The topological polar surface area (TPSA) is 49.0 Å². The van der Waals surface area contributed by atoms with Gasteiger partial charge in [-0.2, -0.15) is 5.26 Å². The molecule has 0 amide bonds. The van der Waals surface area contributed by atoms with Crippen molar-refractivity contribution in [3.8, 4) is 11.8 Å². The van der Waals surface area contributed by atoms with Gasteiger partial charge in [0.15, 0.2) is 0 Å². The predicted molar refractivity (Wildman–Crippen MR) is 53.8 cm³/mol. The van der Waals surface area contributed by atoms with Crippen molar-refractivity contribution < 1.29 is 5.11 Å². The van der Waals surface area contributed by atoms with E-state index in [0.717, 1.165) is 10.9 Å². The largest absolute Gasteiger partial charge is 0.508 e. The molecule has 3 nitrogen and oxygen atoms in total. The molecule has 0 spiro atoms. The number of hydrogen-bond acceptors (Lipinski definition) is 2. The first-order valence-corrected chi connectivity index (χ1v) is 4.46. The Bertz CT molecular complexity index is 493. The molecule has 0 bridgehead atoms. The fraction of sp³-hybridized carbons (Fsp3) is 0.182. The summed E-state index contributed by atoms with van der Waals surface area (Å²) < 4.78 is 2.01. The average Bonchev–Trinajstić information content (AvgIpc) is 2.57. The third-order valence-electron chi connectivity index (χ3n) is 2.22. The van der Waals surface area contributed by atoms with Gasteiger partial charge in [-0.25, -0.2) is 0 Å². The summed E-state index contributed by atoms with van der Waals surface area (Å²) in [5, 5.41) is 18.7. The smallest absolute Gasteiger partial charge is 0.116 e. The number of aryl methyl sites for hydroxylation is 1. The second-order valence-corrected chi connectivity index (χ2v) is 3.16. The normalized spacial score (nSPS) is 10.2. The third kappa shape index (κ3) is 1.42. The number of aromatic nitrogens is 1. The summed E-state index contributed by atoms with van der Waals surface area (Å²) in [7, 11) is 0. The van der Waals surface area contributed by atoms with Gasteiger partial charge in [0.25, 0.3) is 0 Å². The Morgan fingerprint density at radius 3 is 3.00 bits per heavy atom. The quantitative estimate of drug-likeness (QED) is 0.782. The molecule has 0 unspecified atom stereocenters. The maximum atomic E-state index is 9.25. The molecular formula is C11H10N2O. The van der Waals surface area contributed by atoms with Gasteiger partial charge in [0.05, 0.1) is 12.5 Å². The highest BCUT2D eigenvalue weighted by Gasteiger charge is 2.00. The van der Waals surface area contributed by atoms with Crippen molar-refractivity contribution in [2.24, 2.45) is 0 Å². The van der Waals surface area contributed by atoms with Crippen molar-refractivity contribution in [1.29, 1.82) is 5.26 Å². The molecule has 0 saturated carbocycles. The van der Waals surface area contributed by atoms with E-state index in [1.807, 2.05) is 22.9 Å². The molecule has 0 aliphatic rings. The van der Waals surface area contributed by atoms with Gasteiger partial charge in [-0.15, -0.1) is 0 Å². The number of fused-ring (bicyclic) bond motifs is 1. The van der Waals surface area contributed by atoms with Crippen LogP contribution in [0.15, 0.2) is 30.5 Å². The Balaban J connectivity index is 2.43. The standard InChI is InChI=1S/C11H10N2O/c12-5-1-6-13-7-4-9-8-10(14)2-3-11(9)13/h2-4,7-8,14H,1,6H2. The molecular weight excluding hydrogens is 176 g/mol. The van der Waals surface area contributed by atoms with Crippen LogP contribution in [0.5, 0.6) is 5.75 Å². The molecule has 0 saturated heterocycles. The molecule has 14 heavy (non-hydrogen) atoms. The van der Waals surface area contributed by atoms with Crippen LogP contribution in [0.25, 0.3) is 10.9 Å². The van der Waals surface area contributed by atoms with Crippen LogP contribution in [0.2, 0.25) is 0 Å². The van der Waals surface area contributed by atoms with Gasteiger partial charge in [-0.05, 0) is 24.3 Å². The molecule has 70 valence electrons. The number of nitrogens with zero attached hydrogens (tertiary/aromatic N) is 2. The van der Waals surface area contributed by atoms with Crippen LogP contribution in [0.1, 0.15) is 6.42 Å². The van der Waals surface area contributed by atoms with Crippen molar-refractivity contribution in [2.45, 2.75) is 13.0 Å². The number of phenolic OH excluding ortho intramolecular Hbond substituents is 1. The lowest BCUT2D eigenvalue weighted by Gasteiger charge is -2.01. The molecule has 0 atom stereocenters. The van der Waals surface area contributed by atoms with Gasteiger partial charge < -0.3 is 9.67 Å². The lowest BCUT2D eigenvalue weighted by Crippen LogP contribution is -1.93. The zero-order valence-corrected chi connectivity index (χ0v) is 7.64. The Hall–Kier alpha value is -1.95. The zero-order chi connectivity index (χ0) is 9.97. The van der Waals surface area contributed by atoms with Crippen molar-refractivity contribution >= 4 is 10.9 Å². The second kappa shape index (κ2) is 3.43. The minimum absolute atomic E-state index is 0.274. The van der Waals surface area contributed by atoms with Crippen LogP contribution in [-0.4, -0.2) is 9.67 Å². The molecule has 0 aliphatic carbocycles. The molecule has 2 rings (SSSR count). The fourth-order valence-corrected chi connectivity index (χ4v) is 1.55. The Morgan fingerprint density at radius 2 is 2.21 bits per heavy atom. The van der Waals surface area contributed by atoms with E-state index in [4.69, 9.17) is 5.26 Å². The van der Waals surface area contributed by atoms with Crippen LogP contribution < -0.4 is 0 Å². The van der Waals surface area contributed by atoms with Gasteiger partial charge in [0.1, 0.15) is 5.75 Å². The maximum absolute atomic E-state index is 9.25. The number of rotatable bonds is 2. The van der Waals surface area contributed by atoms with E-state index in [2.05, 4.69) is 6.07 Å². The van der Waals surface area contributed by atoms with Crippen LogP contribution in [-0.2, 0) is 6.54 Å². The molecule has 1 aromatic heterocycles. The molecule has 0 aliphatic heterocycles. The second-order valence-electron chi connectivity index (χ2n) is 3.16. The van der Waals surface area contributed by atoms with Gasteiger partial charge in [-0.3, -0.25) is 0 Å². The molecule has 0 radical (unpaired) electrons. The highest BCUT2D eigenvalue weighted by atomic mass is 16.3. The Kier molecular flexibility index (Phi) is 2.11. The Morgan fingerprint density at radius 1 is 1.36 bits per heavy atom. The molecule has 3 heteroatoms. The monoisotopic (exact) mass is 186 g/mol. The number of phenols is 1. The number of nitriles is 1. The summed E-state index contributed by atoms with van der Waals surface area (Å²) in [6.07, 6.45) is 2.44. The average molecular weight is 186 g/mol. The van der Waals surface area contributed by atoms with Crippen molar-refractivity contribution in [3.05, 3.63) is 30.5 Å². The van der Waals surface area contributed by atoms with Gasteiger partial charge in [-0.1, -0.05) is 0 Å². The molecule has 1 N–H and O–H groups in total. The first-order valence-electron chi connectivity index (χ1n) is 4.46. The minimum atomic E-state index is 0.274. The minimum Gasteiger partial charge on any atom is -0.508 e.